The van der Waals surface area contributed by atoms with Crippen molar-refractivity contribution in [1.82, 2.24) is 0 Å². The van der Waals surface area contributed by atoms with Crippen molar-refractivity contribution in [2.24, 2.45) is 9.98 Å². The van der Waals surface area contributed by atoms with E-state index in [1.54, 1.807) is 0 Å². The molecule has 0 amide bonds. The molecule has 2 nitrogen and oxygen atoms in total. The van der Waals surface area contributed by atoms with Crippen molar-refractivity contribution in [3.05, 3.63) is 82.9 Å². The SMILES string of the molecule is CCC(C)(C)c1ccc(C2=CC=C(c3ccc(C(C)(C)CC)cc3)C(=NC)C2=NC)cc1. The molecular formula is C30H38N2. The summed E-state index contributed by atoms with van der Waals surface area (Å²) in [4.78, 5) is 9.34. The van der Waals surface area contributed by atoms with Crippen LogP contribution in [0.25, 0.3) is 11.1 Å². The van der Waals surface area contributed by atoms with Crippen LogP contribution in [0.3, 0.4) is 0 Å². The van der Waals surface area contributed by atoms with Gasteiger partial charge in [0.25, 0.3) is 0 Å². The number of hydrogen-bond acceptors (Lipinski definition) is 2. The molecule has 168 valence electrons. The van der Waals surface area contributed by atoms with Gasteiger partial charge in [0.2, 0.25) is 0 Å². The largest absolute Gasteiger partial charge is 0.286 e. The molecule has 1 aliphatic rings. The first kappa shape index (κ1) is 23.9. The number of aliphatic imine (C=N–C) groups is 2. The molecule has 3 rings (SSSR count). The predicted octanol–water partition coefficient (Wildman–Crippen LogP) is 7.68. The Hall–Kier alpha value is -2.74. The smallest absolute Gasteiger partial charge is 0.0907 e. The topological polar surface area (TPSA) is 24.7 Å². The fraction of sp³-hybridized carbons (Fsp3) is 0.400. The highest BCUT2D eigenvalue weighted by Crippen LogP contribution is 2.33. The van der Waals surface area contributed by atoms with Crippen LogP contribution in [0.15, 0.2) is 70.7 Å². The van der Waals surface area contributed by atoms with Crippen molar-refractivity contribution in [1.29, 1.82) is 0 Å². The van der Waals surface area contributed by atoms with Gasteiger partial charge in [0.15, 0.2) is 0 Å². The summed E-state index contributed by atoms with van der Waals surface area (Å²) in [7, 11) is 3.72. The number of nitrogens with zero attached hydrogens (tertiary/aromatic N) is 2. The second kappa shape index (κ2) is 9.40. The highest BCUT2D eigenvalue weighted by Gasteiger charge is 2.25. The van der Waals surface area contributed by atoms with Gasteiger partial charge in [-0.25, -0.2) is 0 Å². The monoisotopic (exact) mass is 426 g/mol. The molecule has 0 saturated heterocycles. The number of rotatable bonds is 6. The lowest BCUT2D eigenvalue weighted by molar-refractivity contribution is 0.506. The van der Waals surface area contributed by atoms with Crippen molar-refractivity contribution in [2.45, 2.75) is 65.2 Å². The van der Waals surface area contributed by atoms with Gasteiger partial charge < -0.3 is 0 Å². The molecule has 0 fully saturated rings. The Bertz CT molecular complexity index is 983. The van der Waals surface area contributed by atoms with Gasteiger partial charge in [-0.05, 0) is 45.9 Å². The zero-order valence-corrected chi connectivity index (χ0v) is 21.1. The van der Waals surface area contributed by atoms with Gasteiger partial charge in [0.05, 0.1) is 11.4 Å². The molecular weight excluding hydrogens is 388 g/mol. The van der Waals surface area contributed by atoms with Crippen LogP contribution in [0.1, 0.15) is 76.6 Å². The molecule has 0 unspecified atom stereocenters. The van der Waals surface area contributed by atoms with E-state index in [4.69, 9.17) is 0 Å². The quantitative estimate of drug-likeness (QED) is 0.423. The van der Waals surface area contributed by atoms with E-state index in [0.717, 1.165) is 35.4 Å². The van der Waals surface area contributed by atoms with E-state index < -0.39 is 0 Å². The van der Waals surface area contributed by atoms with Crippen LogP contribution in [0.4, 0.5) is 0 Å². The first-order valence-corrected chi connectivity index (χ1v) is 11.8. The van der Waals surface area contributed by atoms with Gasteiger partial charge >= 0.3 is 0 Å². The molecule has 0 heterocycles. The summed E-state index contributed by atoms with van der Waals surface area (Å²) < 4.78 is 0. The minimum atomic E-state index is 0.183. The Morgan fingerprint density at radius 2 is 0.875 bits per heavy atom. The standard InChI is InChI=1S/C30H38N2/c1-9-29(3,4)23-15-11-21(12-16-23)25-19-20-26(28(32-8)27(25)31-7)22-13-17-24(18-14-22)30(5,6)10-2/h11-20H,9-10H2,1-8H3. The van der Waals surface area contributed by atoms with Gasteiger partial charge in [-0.1, -0.05) is 102 Å². The van der Waals surface area contributed by atoms with E-state index in [-0.39, 0.29) is 10.8 Å². The van der Waals surface area contributed by atoms with Gasteiger partial charge in [-0.3, -0.25) is 9.98 Å². The molecule has 0 N–H and O–H groups in total. The molecule has 0 saturated carbocycles. The molecule has 2 aromatic rings. The van der Waals surface area contributed by atoms with E-state index >= 15 is 0 Å². The molecule has 0 radical (unpaired) electrons. The van der Waals surface area contributed by atoms with E-state index in [1.807, 2.05) is 14.1 Å². The van der Waals surface area contributed by atoms with Gasteiger partial charge in [-0.15, -0.1) is 0 Å². The van der Waals surface area contributed by atoms with Crippen molar-refractivity contribution in [3.63, 3.8) is 0 Å². The molecule has 0 spiro atoms. The number of benzene rings is 2. The van der Waals surface area contributed by atoms with Gasteiger partial charge in [0.1, 0.15) is 0 Å². The van der Waals surface area contributed by atoms with Crippen LogP contribution in [-0.2, 0) is 10.8 Å². The van der Waals surface area contributed by atoms with Crippen LogP contribution in [0.5, 0.6) is 0 Å². The summed E-state index contributed by atoms with van der Waals surface area (Å²) in [5.74, 6) is 0. The van der Waals surface area contributed by atoms with Crippen LogP contribution in [0, 0.1) is 0 Å². The minimum absolute atomic E-state index is 0.183. The summed E-state index contributed by atoms with van der Waals surface area (Å²) in [6.07, 6.45) is 6.61. The maximum atomic E-state index is 4.67. The van der Waals surface area contributed by atoms with Crippen LogP contribution >= 0.6 is 0 Å². The number of hydrogen-bond donors (Lipinski definition) is 0. The summed E-state index contributed by atoms with van der Waals surface area (Å²) in [6.45, 7) is 13.7. The summed E-state index contributed by atoms with van der Waals surface area (Å²) in [6, 6.07) is 17.9. The lowest BCUT2D eigenvalue weighted by Crippen LogP contribution is -2.21. The Balaban J connectivity index is 2.01. The average molecular weight is 427 g/mol. The normalized spacial score (nSPS) is 17.5. The van der Waals surface area contributed by atoms with E-state index in [9.17, 15) is 0 Å². The number of allylic oxidation sites excluding steroid dienone is 4. The maximum Gasteiger partial charge on any atom is 0.0907 e. The highest BCUT2D eigenvalue weighted by atomic mass is 14.8. The second-order valence-corrected chi connectivity index (χ2v) is 9.93. The average Bonchev–Trinajstić information content (AvgIpc) is 2.83. The van der Waals surface area contributed by atoms with Gasteiger partial charge in [0, 0.05) is 25.2 Å². The summed E-state index contributed by atoms with van der Waals surface area (Å²) in [5, 5.41) is 0. The Kier molecular flexibility index (Phi) is 7.03. The minimum Gasteiger partial charge on any atom is -0.286 e. The molecule has 32 heavy (non-hydrogen) atoms. The first-order valence-electron chi connectivity index (χ1n) is 11.8. The van der Waals surface area contributed by atoms with E-state index in [2.05, 4.69) is 112 Å². The van der Waals surface area contributed by atoms with Crippen LogP contribution < -0.4 is 0 Å². The third-order valence-electron chi connectivity index (χ3n) is 7.32. The zero-order valence-electron chi connectivity index (χ0n) is 21.1. The van der Waals surface area contributed by atoms with Crippen molar-refractivity contribution in [3.8, 4) is 0 Å². The van der Waals surface area contributed by atoms with Crippen molar-refractivity contribution in [2.75, 3.05) is 14.1 Å². The lowest BCUT2D eigenvalue weighted by atomic mass is 9.80. The molecule has 0 atom stereocenters. The molecule has 2 aromatic carbocycles. The molecule has 2 heteroatoms. The summed E-state index contributed by atoms with van der Waals surface area (Å²) >= 11 is 0. The fourth-order valence-electron chi connectivity index (χ4n) is 4.11. The van der Waals surface area contributed by atoms with Crippen molar-refractivity contribution >= 4 is 22.6 Å². The zero-order chi connectivity index (χ0) is 23.5. The Labute approximate surface area is 194 Å². The third kappa shape index (κ3) is 4.55. The Morgan fingerprint density at radius 1 is 0.562 bits per heavy atom. The molecule has 0 aromatic heterocycles. The molecule has 1 aliphatic carbocycles. The highest BCUT2D eigenvalue weighted by molar-refractivity contribution is 6.69. The predicted molar refractivity (Wildman–Crippen MR) is 142 cm³/mol. The Morgan fingerprint density at radius 3 is 1.12 bits per heavy atom. The fourth-order valence-corrected chi connectivity index (χ4v) is 4.11. The van der Waals surface area contributed by atoms with Crippen LogP contribution in [0.2, 0.25) is 0 Å². The first-order chi connectivity index (χ1) is 15.2. The maximum absolute atomic E-state index is 4.67. The van der Waals surface area contributed by atoms with Crippen molar-refractivity contribution < 1.29 is 0 Å². The van der Waals surface area contributed by atoms with Gasteiger partial charge in [-0.2, -0.15) is 0 Å². The third-order valence-corrected chi connectivity index (χ3v) is 7.32. The molecule has 0 bridgehead atoms. The second-order valence-electron chi connectivity index (χ2n) is 9.93. The van der Waals surface area contributed by atoms with Crippen LogP contribution in [-0.4, -0.2) is 25.5 Å². The van der Waals surface area contributed by atoms with E-state index in [1.165, 1.54) is 22.3 Å². The lowest BCUT2D eigenvalue weighted by Gasteiger charge is -2.25. The molecule has 0 aliphatic heterocycles. The summed E-state index contributed by atoms with van der Waals surface area (Å²) in [5.41, 5.74) is 9.61. The van der Waals surface area contributed by atoms with E-state index in [0.29, 0.717) is 0 Å².